The Balaban J connectivity index is 1.74. The SMILES string of the molecule is COC(=O)c1cc(CN(CC2CCN(C(=O)OC(C)(C)C)C2)C(=O)OC(C)(C)C)cc(OCCN2CCOCC2)c1. The zero-order chi connectivity index (χ0) is 30.2. The molecule has 2 aliphatic rings. The summed E-state index contributed by atoms with van der Waals surface area (Å²) in [5.41, 5.74) is -0.214. The smallest absolute Gasteiger partial charge is 0.410 e. The first-order valence-electron chi connectivity index (χ1n) is 14.3. The van der Waals surface area contributed by atoms with Crippen molar-refractivity contribution in [3.63, 3.8) is 0 Å². The molecule has 1 unspecified atom stereocenters. The highest BCUT2D eigenvalue weighted by Crippen LogP contribution is 2.25. The van der Waals surface area contributed by atoms with Gasteiger partial charge in [0, 0.05) is 45.8 Å². The number of likely N-dealkylation sites (tertiary alicyclic amines) is 1. The van der Waals surface area contributed by atoms with E-state index in [1.165, 1.54) is 7.11 Å². The number of rotatable bonds is 9. The molecule has 0 N–H and O–H groups in total. The lowest BCUT2D eigenvalue weighted by Crippen LogP contribution is -2.40. The summed E-state index contributed by atoms with van der Waals surface area (Å²) in [6.45, 7) is 16.9. The van der Waals surface area contributed by atoms with Gasteiger partial charge in [0.2, 0.25) is 0 Å². The highest BCUT2D eigenvalue weighted by atomic mass is 16.6. The molecule has 2 amide bonds. The van der Waals surface area contributed by atoms with Crippen LogP contribution in [0.1, 0.15) is 63.9 Å². The molecule has 2 fully saturated rings. The molecule has 0 bridgehead atoms. The van der Waals surface area contributed by atoms with Crippen molar-refractivity contribution in [2.75, 3.05) is 66.2 Å². The number of benzene rings is 1. The third kappa shape index (κ3) is 11.0. The fourth-order valence-electron chi connectivity index (χ4n) is 4.72. The van der Waals surface area contributed by atoms with E-state index >= 15 is 0 Å². The molecule has 0 spiro atoms. The normalized spacial score (nSPS) is 18.1. The molecular formula is C30H47N3O8. The van der Waals surface area contributed by atoms with Gasteiger partial charge in [0.15, 0.2) is 0 Å². The minimum Gasteiger partial charge on any atom is -0.492 e. The average molecular weight is 578 g/mol. The van der Waals surface area contributed by atoms with Crippen molar-refractivity contribution in [1.82, 2.24) is 14.7 Å². The number of amides is 2. The molecule has 11 heteroatoms. The Kier molecular flexibility index (Phi) is 11.3. The molecule has 0 radical (unpaired) electrons. The number of methoxy groups -OCH3 is 1. The van der Waals surface area contributed by atoms with E-state index in [-0.39, 0.29) is 18.6 Å². The maximum absolute atomic E-state index is 13.3. The first-order valence-corrected chi connectivity index (χ1v) is 14.3. The quantitative estimate of drug-likeness (QED) is 0.316. The fraction of sp³-hybridized carbons (Fsp3) is 0.700. The molecule has 1 aromatic carbocycles. The second-order valence-electron chi connectivity index (χ2n) is 12.6. The molecule has 0 aliphatic carbocycles. The van der Waals surface area contributed by atoms with Gasteiger partial charge >= 0.3 is 18.2 Å². The highest BCUT2D eigenvalue weighted by Gasteiger charge is 2.33. The number of carbonyl (C=O) groups is 3. The van der Waals surface area contributed by atoms with E-state index in [9.17, 15) is 14.4 Å². The molecule has 0 saturated carbocycles. The van der Waals surface area contributed by atoms with E-state index < -0.39 is 23.3 Å². The molecule has 1 aromatic rings. The molecular weight excluding hydrogens is 530 g/mol. The number of carbonyl (C=O) groups excluding carboxylic acids is 3. The molecule has 2 saturated heterocycles. The van der Waals surface area contributed by atoms with E-state index in [2.05, 4.69) is 4.90 Å². The summed E-state index contributed by atoms with van der Waals surface area (Å²) in [7, 11) is 1.33. The summed E-state index contributed by atoms with van der Waals surface area (Å²) in [4.78, 5) is 44.0. The molecule has 1 atom stereocenters. The molecule has 230 valence electrons. The molecule has 2 aliphatic heterocycles. The first-order chi connectivity index (χ1) is 19.2. The van der Waals surface area contributed by atoms with Crippen LogP contribution < -0.4 is 4.74 Å². The predicted octanol–water partition coefficient (Wildman–Crippen LogP) is 4.18. The van der Waals surface area contributed by atoms with Crippen molar-refractivity contribution in [3.05, 3.63) is 29.3 Å². The van der Waals surface area contributed by atoms with E-state index in [1.807, 2.05) is 47.6 Å². The topological polar surface area (TPSA) is 107 Å². The molecule has 0 aromatic heterocycles. The van der Waals surface area contributed by atoms with Crippen molar-refractivity contribution in [2.24, 2.45) is 5.92 Å². The van der Waals surface area contributed by atoms with Crippen molar-refractivity contribution < 1.29 is 38.1 Å². The third-order valence-electron chi connectivity index (χ3n) is 6.61. The Hall–Kier alpha value is -3.05. The van der Waals surface area contributed by atoms with Gasteiger partial charge in [-0.05, 0) is 77.6 Å². The van der Waals surface area contributed by atoms with E-state index in [1.54, 1.807) is 21.9 Å². The van der Waals surface area contributed by atoms with Gasteiger partial charge in [0.25, 0.3) is 0 Å². The van der Waals surface area contributed by atoms with Gasteiger partial charge in [-0.25, -0.2) is 14.4 Å². The summed E-state index contributed by atoms with van der Waals surface area (Å²) in [6, 6.07) is 5.20. The van der Waals surface area contributed by atoms with Crippen LogP contribution in [-0.2, 0) is 25.5 Å². The molecule has 41 heavy (non-hydrogen) atoms. The van der Waals surface area contributed by atoms with Crippen LogP contribution in [0.5, 0.6) is 5.75 Å². The van der Waals surface area contributed by atoms with Crippen LogP contribution in [0.2, 0.25) is 0 Å². The van der Waals surface area contributed by atoms with E-state index in [0.717, 1.165) is 26.1 Å². The van der Waals surface area contributed by atoms with Crippen LogP contribution in [0.25, 0.3) is 0 Å². The van der Waals surface area contributed by atoms with Crippen LogP contribution in [-0.4, -0.2) is 110 Å². The Morgan fingerprint density at radius 3 is 2.29 bits per heavy atom. The fourth-order valence-corrected chi connectivity index (χ4v) is 4.72. The zero-order valence-corrected chi connectivity index (χ0v) is 25.7. The third-order valence-corrected chi connectivity index (χ3v) is 6.61. The van der Waals surface area contributed by atoms with Crippen molar-refractivity contribution in [3.8, 4) is 5.75 Å². The Labute approximate surface area is 244 Å². The van der Waals surface area contributed by atoms with Gasteiger partial charge in [-0.1, -0.05) is 0 Å². The summed E-state index contributed by atoms with van der Waals surface area (Å²) in [5, 5.41) is 0. The lowest BCUT2D eigenvalue weighted by molar-refractivity contribution is 0.0196. The van der Waals surface area contributed by atoms with Crippen LogP contribution in [0.15, 0.2) is 18.2 Å². The predicted molar refractivity (Wildman–Crippen MR) is 153 cm³/mol. The number of ether oxygens (including phenoxy) is 5. The van der Waals surface area contributed by atoms with Crippen molar-refractivity contribution in [2.45, 2.75) is 65.7 Å². The summed E-state index contributed by atoms with van der Waals surface area (Å²) >= 11 is 0. The second-order valence-corrected chi connectivity index (χ2v) is 12.6. The standard InChI is InChI=1S/C30H47N3O8/c1-29(2,3)40-27(35)32-9-8-22(19-32)20-33(28(36)41-30(4,5)6)21-23-16-24(26(34)37-7)18-25(17-23)39-15-12-31-10-13-38-14-11-31/h16-18,22H,8-15,19-21H2,1-7H3. The molecule has 11 nitrogen and oxygen atoms in total. The lowest BCUT2D eigenvalue weighted by Gasteiger charge is -2.30. The molecule has 3 rings (SSSR count). The van der Waals surface area contributed by atoms with Crippen molar-refractivity contribution >= 4 is 18.2 Å². The van der Waals surface area contributed by atoms with Crippen molar-refractivity contribution in [1.29, 1.82) is 0 Å². The van der Waals surface area contributed by atoms with Crippen LogP contribution in [0, 0.1) is 5.92 Å². The van der Waals surface area contributed by atoms with Crippen LogP contribution in [0.3, 0.4) is 0 Å². The Bertz CT molecular complexity index is 1040. The van der Waals surface area contributed by atoms with Crippen LogP contribution in [0.4, 0.5) is 9.59 Å². The Morgan fingerprint density at radius 1 is 0.976 bits per heavy atom. The van der Waals surface area contributed by atoms with Gasteiger partial charge in [0.05, 0.1) is 25.9 Å². The van der Waals surface area contributed by atoms with Gasteiger partial charge in [-0.3, -0.25) is 4.90 Å². The number of esters is 1. The average Bonchev–Trinajstić information content (AvgIpc) is 3.35. The van der Waals surface area contributed by atoms with Crippen LogP contribution >= 0.6 is 0 Å². The summed E-state index contributed by atoms with van der Waals surface area (Å²) < 4.78 is 27.7. The molecule has 2 heterocycles. The summed E-state index contributed by atoms with van der Waals surface area (Å²) in [6.07, 6.45) is -0.0867. The van der Waals surface area contributed by atoms with Gasteiger partial charge in [0.1, 0.15) is 23.6 Å². The lowest BCUT2D eigenvalue weighted by atomic mass is 10.1. The number of hydrogen-bond donors (Lipinski definition) is 0. The highest BCUT2D eigenvalue weighted by molar-refractivity contribution is 5.90. The van der Waals surface area contributed by atoms with Gasteiger partial charge < -0.3 is 33.5 Å². The zero-order valence-electron chi connectivity index (χ0n) is 25.7. The number of hydrogen-bond acceptors (Lipinski definition) is 9. The largest absolute Gasteiger partial charge is 0.492 e. The number of morpholine rings is 1. The minimum absolute atomic E-state index is 0.0445. The monoisotopic (exact) mass is 577 g/mol. The number of nitrogens with zero attached hydrogens (tertiary/aromatic N) is 3. The van der Waals surface area contributed by atoms with Gasteiger partial charge in [-0.15, -0.1) is 0 Å². The maximum atomic E-state index is 13.3. The maximum Gasteiger partial charge on any atom is 0.410 e. The van der Waals surface area contributed by atoms with Gasteiger partial charge in [-0.2, -0.15) is 0 Å². The van der Waals surface area contributed by atoms with E-state index in [4.69, 9.17) is 23.7 Å². The second kappa shape index (κ2) is 14.2. The summed E-state index contributed by atoms with van der Waals surface area (Å²) in [5.74, 6) is 0.0813. The Morgan fingerprint density at radius 2 is 1.66 bits per heavy atom. The first kappa shape index (κ1) is 32.5. The minimum atomic E-state index is -0.685. The van der Waals surface area contributed by atoms with E-state index in [0.29, 0.717) is 56.3 Å².